The molecule has 1 amide bonds. The van der Waals surface area contributed by atoms with Crippen LogP contribution in [0.1, 0.15) is 36.0 Å². The predicted molar refractivity (Wildman–Crippen MR) is 85.4 cm³/mol. The second kappa shape index (κ2) is 5.93. The number of likely N-dealkylation sites (tertiary alicyclic amines) is 1. The van der Waals surface area contributed by atoms with Crippen molar-refractivity contribution in [1.29, 1.82) is 0 Å². The Kier molecular flexibility index (Phi) is 4.01. The van der Waals surface area contributed by atoms with Crippen LogP contribution < -0.4 is 16.4 Å². The largest absolute Gasteiger partial charge is 0.399 e. The van der Waals surface area contributed by atoms with Gasteiger partial charge in [-0.1, -0.05) is 6.42 Å². The third-order valence-corrected chi connectivity index (χ3v) is 4.70. The zero-order valence-corrected chi connectivity index (χ0v) is 12.4. The molecule has 5 heteroatoms. The Bertz CT molecular complexity index is 525. The van der Waals surface area contributed by atoms with Crippen LogP contribution in [0.15, 0.2) is 18.2 Å². The van der Waals surface area contributed by atoms with Gasteiger partial charge in [-0.25, -0.2) is 0 Å². The van der Waals surface area contributed by atoms with Gasteiger partial charge >= 0.3 is 0 Å². The van der Waals surface area contributed by atoms with Gasteiger partial charge in [-0.15, -0.1) is 0 Å². The van der Waals surface area contributed by atoms with Crippen molar-refractivity contribution in [3.63, 3.8) is 0 Å². The standard InChI is InChI=1S/C16H24N4O/c17-12-4-5-14(16(18)21)15(10-12)20-9-6-13(11-20)19-7-2-1-3-8-19/h4-5,10,13H,1-3,6-9,11,17H2,(H2,18,21). The van der Waals surface area contributed by atoms with E-state index in [2.05, 4.69) is 9.80 Å². The van der Waals surface area contributed by atoms with Crippen LogP contribution in [0.2, 0.25) is 0 Å². The Morgan fingerprint density at radius 3 is 2.62 bits per heavy atom. The van der Waals surface area contributed by atoms with Gasteiger partial charge in [0.25, 0.3) is 5.91 Å². The summed E-state index contributed by atoms with van der Waals surface area (Å²) in [5.74, 6) is -0.383. The van der Waals surface area contributed by atoms with E-state index in [-0.39, 0.29) is 5.91 Å². The Labute approximate surface area is 125 Å². The van der Waals surface area contributed by atoms with Gasteiger partial charge in [-0.05, 0) is 50.6 Å². The number of nitrogen functional groups attached to an aromatic ring is 1. The number of nitrogens with zero attached hydrogens (tertiary/aromatic N) is 2. The number of piperidine rings is 1. The van der Waals surface area contributed by atoms with Crippen molar-refractivity contribution in [2.24, 2.45) is 5.73 Å². The van der Waals surface area contributed by atoms with Crippen molar-refractivity contribution in [2.75, 3.05) is 36.8 Å². The maximum absolute atomic E-state index is 11.6. The van der Waals surface area contributed by atoms with Gasteiger partial charge in [0.1, 0.15) is 0 Å². The highest BCUT2D eigenvalue weighted by Crippen LogP contribution is 2.29. The fourth-order valence-corrected chi connectivity index (χ4v) is 3.56. The summed E-state index contributed by atoms with van der Waals surface area (Å²) in [4.78, 5) is 16.5. The number of nitrogens with two attached hydrogens (primary N) is 2. The number of rotatable bonds is 3. The van der Waals surface area contributed by atoms with E-state index in [0.29, 0.717) is 17.3 Å². The third kappa shape index (κ3) is 2.97. The first kappa shape index (κ1) is 14.2. The predicted octanol–water partition coefficient (Wildman–Crippen LogP) is 1.43. The first-order chi connectivity index (χ1) is 10.1. The van der Waals surface area contributed by atoms with Crippen molar-refractivity contribution < 1.29 is 4.79 Å². The van der Waals surface area contributed by atoms with Gasteiger partial charge in [0.15, 0.2) is 0 Å². The van der Waals surface area contributed by atoms with Gasteiger partial charge in [-0.3, -0.25) is 9.69 Å². The fraction of sp³-hybridized carbons (Fsp3) is 0.562. The molecule has 0 spiro atoms. The van der Waals surface area contributed by atoms with Crippen molar-refractivity contribution in [2.45, 2.75) is 31.7 Å². The lowest BCUT2D eigenvalue weighted by Gasteiger charge is -2.32. The molecule has 4 N–H and O–H groups in total. The molecule has 0 saturated carbocycles. The van der Waals surface area contributed by atoms with Crippen molar-refractivity contribution >= 4 is 17.3 Å². The Hall–Kier alpha value is -1.75. The summed E-state index contributed by atoms with van der Waals surface area (Å²) < 4.78 is 0. The minimum absolute atomic E-state index is 0.383. The molecule has 2 saturated heterocycles. The maximum Gasteiger partial charge on any atom is 0.250 e. The third-order valence-electron chi connectivity index (χ3n) is 4.70. The zero-order chi connectivity index (χ0) is 14.8. The lowest BCUT2D eigenvalue weighted by molar-refractivity contribution is 0.100. The summed E-state index contributed by atoms with van der Waals surface area (Å²) in [6.45, 7) is 4.34. The summed E-state index contributed by atoms with van der Waals surface area (Å²) in [6, 6.07) is 5.94. The number of benzene rings is 1. The summed E-state index contributed by atoms with van der Waals surface area (Å²) in [5, 5.41) is 0. The Morgan fingerprint density at radius 1 is 1.14 bits per heavy atom. The summed E-state index contributed by atoms with van der Waals surface area (Å²) in [5.41, 5.74) is 13.5. The molecule has 1 atom stereocenters. The SMILES string of the molecule is NC(=O)c1ccc(N)cc1N1CCC(N2CCCCC2)C1. The second-order valence-corrected chi connectivity index (χ2v) is 6.13. The number of carbonyl (C=O) groups is 1. The zero-order valence-electron chi connectivity index (χ0n) is 12.4. The monoisotopic (exact) mass is 288 g/mol. The maximum atomic E-state index is 11.6. The van der Waals surface area contributed by atoms with Gasteiger partial charge < -0.3 is 16.4 Å². The molecule has 1 aromatic rings. The molecular weight excluding hydrogens is 264 g/mol. The van der Waals surface area contributed by atoms with E-state index in [4.69, 9.17) is 11.5 Å². The first-order valence-electron chi connectivity index (χ1n) is 7.83. The summed E-state index contributed by atoms with van der Waals surface area (Å²) in [7, 11) is 0. The van der Waals surface area contributed by atoms with E-state index >= 15 is 0 Å². The number of amides is 1. The highest BCUT2D eigenvalue weighted by atomic mass is 16.1. The number of anilines is 2. The number of hydrogen-bond donors (Lipinski definition) is 2. The summed E-state index contributed by atoms with van der Waals surface area (Å²) >= 11 is 0. The van der Waals surface area contributed by atoms with Crippen LogP contribution in [0.5, 0.6) is 0 Å². The summed E-state index contributed by atoms with van der Waals surface area (Å²) in [6.07, 6.45) is 5.11. The average molecular weight is 288 g/mol. The van der Waals surface area contributed by atoms with Crippen LogP contribution in [0.3, 0.4) is 0 Å². The topological polar surface area (TPSA) is 75.6 Å². The number of primary amides is 1. The lowest BCUT2D eigenvalue weighted by atomic mass is 10.1. The molecule has 0 aromatic heterocycles. The molecular formula is C16H24N4O. The molecule has 2 aliphatic rings. The molecule has 0 bridgehead atoms. The van der Waals surface area contributed by atoms with E-state index in [1.54, 1.807) is 12.1 Å². The van der Waals surface area contributed by atoms with Crippen LogP contribution in [0, 0.1) is 0 Å². The highest BCUT2D eigenvalue weighted by molar-refractivity contribution is 5.99. The molecule has 3 rings (SSSR count). The van der Waals surface area contributed by atoms with Crippen molar-refractivity contribution in [3.05, 3.63) is 23.8 Å². The molecule has 1 aromatic carbocycles. The molecule has 21 heavy (non-hydrogen) atoms. The molecule has 1 unspecified atom stereocenters. The van der Waals surface area contributed by atoms with Gasteiger partial charge in [-0.2, -0.15) is 0 Å². The minimum Gasteiger partial charge on any atom is -0.399 e. The molecule has 2 aliphatic heterocycles. The van der Waals surface area contributed by atoms with Crippen LogP contribution in [0.25, 0.3) is 0 Å². The van der Waals surface area contributed by atoms with Crippen LogP contribution >= 0.6 is 0 Å². The number of carbonyl (C=O) groups excluding carboxylic acids is 1. The van der Waals surface area contributed by atoms with E-state index in [9.17, 15) is 4.79 Å². The van der Waals surface area contributed by atoms with Crippen LogP contribution in [0.4, 0.5) is 11.4 Å². The molecule has 2 heterocycles. The van der Waals surface area contributed by atoms with Gasteiger partial charge in [0.2, 0.25) is 0 Å². The molecule has 0 aliphatic carbocycles. The van der Waals surface area contributed by atoms with Crippen molar-refractivity contribution in [3.8, 4) is 0 Å². The van der Waals surface area contributed by atoms with E-state index in [1.165, 1.54) is 32.4 Å². The minimum atomic E-state index is -0.383. The molecule has 114 valence electrons. The lowest BCUT2D eigenvalue weighted by Crippen LogP contribution is -2.41. The van der Waals surface area contributed by atoms with Crippen LogP contribution in [-0.2, 0) is 0 Å². The second-order valence-electron chi connectivity index (χ2n) is 6.13. The Morgan fingerprint density at radius 2 is 1.90 bits per heavy atom. The van der Waals surface area contributed by atoms with E-state index in [0.717, 1.165) is 25.2 Å². The van der Waals surface area contributed by atoms with E-state index in [1.807, 2.05) is 6.07 Å². The molecule has 0 radical (unpaired) electrons. The average Bonchev–Trinajstić information content (AvgIpc) is 2.97. The van der Waals surface area contributed by atoms with Gasteiger partial charge in [0.05, 0.1) is 11.3 Å². The fourth-order valence-electron chi connectivity index (χ4n) is 3.56. The van der Waals surface area contributed by atoms with Crippen molar-refractivity contribution in [1.82, 2.24) is 4.90 Å². The smallest absolute Gasteiger partial charge is 0.250 e. The van der Waals surface area contributed by atoms with Gasteiger partial charge in [0, 0.05) is 24.8 Å². The first-order valence-corrected chi connectivity index (χ1v) is 7.83. The van der Waals surface area contributed by atoms with Crippen LogP contribution in [-0.4, -0.2) is 43.0 Å². The van der Waals surface area contributed by atoms with E-state index < -0.39 is 0 Å². The molecule has 2 fully saturated rings. The normalized spacial score (nSPS) is 23.4. The quantitative estimate of drug-likeness (QED) is 0.825. The highest BCUT2D eigenvalue weighted by Gasteiger charge is 2.30. The molecule has 5 nitrogen and oxygen atoms in total. The Balaban J connectivity index is 1.76. The number of hydrogen-bond acceptors (Lipinski definition) is 4.